The first-order valence-electron chi connectivity index (χ1n) is 3.99. The minimum atomic E-state index is -0.0418. The van der Waals surface area contributed by atoms with Crippen LogP contribution in [-0.4, -0.2) is 10.6 Å². The van der Waals surface area contributed by atoms with Gasteiger partial charge in [0.25, 0.3) is 0 Å². The molecule has 2 heteroatoms. The lowest BCUT2D eigenvalue weighted by Gasteiger charge is -2.04. The minimum absolute atomic E-state index is 0.0418. The number of hydrogen-bond donors (Lipinski definition) is 0. The Balaban J connectivity index is 2.79. The monoisotopic (exact) mass is 226 g/mol. The molecule has 0 aliphatic heterocycles. The first-order valence-corrected chi connectivity index (χ1v) is 4.90. The van der Waals surface area contributed by atoms with E-state index < -0.39 is 0 Å². The first kappa shape index (κ1) is 9.46. The number of benzene rings is 1. The molecule has 1 atom stereocenters. The van der Waals surface area contributed by atoms with Crippen molar-refractivity contribution in [3.63, 3.8) is 0 Å². The Morgan fingerprint density at radius 3 is 2.50 bits per heavy atom. The average molecular weight is 227 g/mol. The number of carbonyl (C=O) groups is 1. The summed E-state index contributed by atoms with van der Waals surface area (Å²) in [4.78, 5) is 11.5. The third kappa shape index (κ3) is 2.18. The van der Waals surface area contributed by atoms with Gasteiger partial charge in [-0.15, -0.1) is 0 Å². The summed E-state index contributed by atoms with van der Waals surface area (Å²) >= 11 is 3.33. The van der Waals surface area contributed by atoms with Crippen LogP contribution in [0.15, 0.2) is 30.3 Å². The summed E-state index contributed by atoms with van der Waals surface area (Å²) < 4.78 is 0. The number of carbonyl (C=O) groups excluding carboxylic acids is 1. The van der Waals surface area contributed by atoms with Crippen LogP contribution >= 0.6 is 15.9 Å². The van der Waals surface area contributed by atoms with E-state index >= 15 is 0 Å². The van der Waals surface area contributed by atoms with Crippen molar-refractivity contribution in [3.05, 3.63) is 35.9 Å². The van der Waals surface area contributed by atoms with Crippen LogP contribution in [0.3, 0.4) is 0 Å². The van der Waals surface area contributed by atoms with Crippen LogP contribution in [-0.2, 0) is 0 Å². The molecule has 0 spiro atoms. The van der Waals surface area contributed by atoms with Crippen LogP contribution < -0.4 is 0 Å². The topological polar surface area (TPSA) is 17.1 Å². The number of rotatable bonds is 3. The SMILES string of the molecule is CC[C@@H](Br)C(=O)c1ccccc1. The van der Waals surface area contributed by atoms with Crippen molar-refractivity contribution in [1.82, 2.24) is 0 Å². The van der Waals surface area contributed by atoms with Gasteiger partial charge in [0.2, 0.25) is 0 Å². The Bertz CT molecular complexity index is 256. The molecule has 0 saturated carbocycles. The second kappa shape index (κ2) is 4.41. The predicted molar refractivity (Wildman–Crippen MR) is 53.8 cm³/mol. The summed E-state index contributed by atoms with van der Waals surface area (Å²) in [5, 5.41) is 0. The molecule has 1 nitrogen and oxygen atoms in total. The molecule has 0 unspecified atom stereocenters. The largest absolute Gasteiger partial charge is 0.293 e. The van der Waals surface area contributed by atoms with Crippen molar-refractivity contribution < 1.29 is 4.79 Å². The lowest BCUT2D eigenvalue weighted by atomic mass is 10.1. The van der Waals surface area contributed by atoms with Gasteiger partial charge in [0, 0.05) is 5.56 Å². The molecule has 0 aromatic heterocycles. The van der Waals surface area contributed by atoms with Gasteiger partial charge in [-0.25, -0.2) is 0 Å². The fourth-order valence-corrected chi connectivity index (χ4v) is 1.23. The fourth-order valence-electron chi connectivity index (χ4n) is 0.969. The Hall–Kier alpha value is -0.630. The van der Waals surface area contributed by atoms with Gasteiger partial charge in [0.1, 0.15) is 0 Å². The molecular weight excluding hydrogens is 216 g/mol. The molecule has 64 valence electrons. The van der Waals surface area contributed by atoms with Crippen molar-refractivity contribution in [2.24, 2.45) is 0 Å². The second-order valence-corrected chi connectivity index (χ2v) is 3.71. The van der Waals surface area contributed by atoms with Crippen LogP contribution in [0.25, 0.3) is 0 Å². The van der Waals surface area contributed by atoms with Gasteiger partial charge in [-0.3, -0.25) is 4.79 Å². The number of ketones is 1. The molecule has 1 aromatic carbocycles. The van der Waals surface area contributed by atoms with Gasteiger partial charge in [0.15, 0.2) is 5.78 Å². The van der Waals surface area contributed by atoms with E-state index in [4.69, 9.17) is 0 Å². The molecule has 0 amide bonds. The van der Waals surface area contributed by atoms with E-state index in [1.807, 2.05) is 37.3 Å². The molecule has 0 saturated heterocycles. The van der Waals surface area contributed by atoms with E-state index in [1.54, 1.807) is 0 Å². The molecule has 1 rings (SSSR count). The zero-order chi connectivity index (χ0) is 8.97. The molecule has 0 heterocycles. The lowest BCUT2D eigenvalue weighted by Crippen LogP contribution is -2.12. The summed E-state index contributed by atoms with van der Waals surface area (Å²) in [6.07, 6.45) is 0.827. The van der Waals surface area contributed by atoms with Gasteiger partial charge >= 0.3 is 0 Å². The zero-order valence-corrected chi connectivity index (χ0v) is 8.54. The highest BCUT2D eigenvalue weighted by Gasteiger charge is 2.13. The minimum Gasteiger partial charge on any atom is -0.293 e. The normalized spacial score (nSPS) is 12.5. The van der Waals surface area contributed by atoms with E-state index in [2.05, 4.69) is 15.9 Å². The van der Waals surface area contributed by atoms with Crippen molar-refractivity contribution >= 4 is 21.7 Å². The van der Waals surface area contributed by atoms with E-state index in [1.165, 1.54) is 0 Å². The smallest absolute Gasteiger partial charge is 0.176 e. The van der Waals surface area contributed by atoms with Crippen LogP contribution in [0.4, 0.5) is 0 Å². The quantitative estimate of drug-likeness (QED) is 0.572. The van der Waals surface area contributed by atoms with Crippen LogP contribution in [0.1, 0.15) is 23.7 Å². The van der Waals surface area contributed by atoms with Crippen molar-refractivity contribution in [3.8, 4) is 0 Å². The third-order valence-corrected chi connectivity index (χ3v) is 2.76. The molecule has 0 bridgehead atoms. The zero-order valence-electron chi connectivity index (χ0n) is 6.96. The lowest BCUT2D eigenvalue weighted by molar-refractivity contribution is 0.0990. The summed E-state index contributed by atoms with van der Waals surface area (Å²) in [6, 6.07) is 9.34. The van der Waals surface area contributed by atoms with Gasteiger partial charge in [-0.2, -0.15) is 0 Å². The molecule has 0 N–H and O–H groups in total. The maximum Gasteiger partial charge on any atom is 0.176 e. The van der Waals surface area contributed by atoms with E-state index in [-0.39, 0.29) is 10.6 Å². The standard InChI is InChI=1S/C10H11BrO/c1-2-9(11)10(12)8-6-4-3-5-7-8/h3-7,9H,2H2,1H3/t9-/m1/s1. The van der Waals surface area contributed by atoms with E-state index in [0.29, 0.717) is 0 Å². The summed E-state index contributed by atoms with van der Waals surface area (Å²) in [5.41, 5.74) is 0.779. The van der Waals surface area contributed by atoms with Crippen LogP contribution in [0.2, 0.25) is 0 Å². The number of Topliss-reactive ketones (excluding diaryl/α,β-unsaturated/α-hetero) is 1. The molecule has 0 aliphatic rings. The van der Waals surface area contributed by atoms with Gasteiger partial charge in [-0.1, -0.05) is 53.2 Å². The van der Waals surface area contributed by atoms with Crippen LogP contribution in [0, 0.1) is 0 Å². The number of hydrogen-bond acceptors (Lipinski definition) is 1. The van der Waals surface area contributed by atoms with Crippen LogP contribution in [0.5, 0.6) is 0 Å². The molecule has 1 aromatic rings. The Morgan fingerprint density at radius 1 is 1.42 bits per heavy atom. The first-order chi connectivity index (χ1) is 5.75. The number of alkyl halides is 1. The molecule has 0 aliphatic carbocycles. The van der Waals surface area contributed by atoms with Gasteiger partial charge < -0.3 is 0 Å². The van der Waals surface area contributed by atoms with Gasteiger partial charge in [0.05, 0.1) is 4.83 Å². The third-order valence-electron chi connectivity index (χ3n) is 1.70. The molecular formula is C10H11BrO. The maximum atomic E-state index is 11.5. The van der Waals surface area contributed by atoms with Crippen molar-refractivity contribution in [1.29, 1.82) is 0 Å². The maximum absolute atomic E-state index is 11.5. The second-order valence-electron chi connectivity index (χ2n) is 2.61. The van der Waals surface area contributed by atoms with Gasteiger partial charge in [-0.05, 0) is 6.42 Å². The highest BCUT2D eigenvalue weighted by atomic mass is 79.9. The van der Waals surface area contributed by atoms with Crippen molar-refractivity contribution in [2.45, 2.75) is 18.2 Å². The Labute approximate surface area is 80.9 Å². The molecule has 0 fully saturated rings. The predicted octanol–water partition coefficient (Wildman–Crippen LogP) is 3.04. The molecule has 0 radical (unpaired) electrons. The molecule has 12 heavy (non-hydrogen) atoms. The van der Waals surface area contributed by atoms with E-state index in [0.717, 1.165) is 12.0 Å². The highest BCUT2D eigenvalue weighted by molar-refractivity contribution is 9.10. The number of halogens is 1. The summed E-state index contributed by atoms with van der Waals surface area (Å²) in [7, 11) is 0. The van der Waals surface area contributed by atoms with E-state index in [9.17, 15) is 4.79 Å². The Morgan fingerprint density at radius 2 is 2.00 bits per heavy atom. The summed E-state index contributed by atoms with van der Waals surface area (Å²) in [5.74, 6) is 0.165. The average Bonchev–Trinajstić information content (AvgIpc) is 2.17. The van der Waals surface area contributed by atoms with Crippen molar-refractivity contribution in [2.75, 3.05) is 0 Å². The summed E-state index contributed by atoms with van der Waals surface area (Å²) in [6.45, 7) is 1.99. The highest BCUT2D eigenvalue weighted by Crippen LogP contribution is 2.12. The fraction of sp³-hybridized carbons (Fsp3) is 0.300. The Kier molecular flexibility index (Phi) is 3.48.